The summed E-state index contributed by atoms with van der Waals surface area (Å²) in [6, 6.07) is 0.985. The Labute approximate surface area is 100 Å². The summed E-state index contributed by atoms with van der Waals surface area (Å²) in [4.78, 5) is 2.44. The molecule has 0 aromatic heterocycles. The Hall–Kier alpha value is -0.120. The second-order valence-electron chi connectivity index (χ2n) is 6.13. The predicted octanol–water partition coefficient (Wildman–Crippen LogP) is 1.72. The Balaban J connectivity index is 2.64. The highest BCUT2D eigenvalue weighted by molar-refractivity contribution is 4.87. The van der Waals surface area contributed by atoms with E-state index in [1.165, 1.54) is 0 Å². The molecule has 1 rings (SSSR count). The SMILES string of the molecule is CC(N(C)C(CN)C1CCOC1)C(C)(C)C. The quantitative estimate of drug-likeness (QED) is 0.796. The summed E-state index contributed by atoms with van der Waals surface area (Å²) >= 11 is 0. The van der Waals surface area contributed by atoms with Crippen LogP contribution in [0.1, 0.15) is 34.1 Å². The highest BCUT2D eigenvalue weighted by atomic mass is 16.5. The molecule has 2 N–H and O–H groups in total. The number of nitrogens with two attached hydrogens (primary N) is 1. The molecule has 3 atom stereocenters. The van der Waals surface area contributed by atoms with Crippen LogP contribution in [0.4, 0.5) is 0 Å². The predicted molar refractivity (Wildman–Crippen MR) is 68.4 cm³/mol. The van der Waals surface area contributed by atoms with E-state index in [1.807, 2.05) is 0 Å². The van der Waals surface area contributed by atoms with Crippen molar-refractivity contribution in [2.24, 2.45) is 17.1 Å². The fourth-order valence-electron chi connectivity index (χ4n) is 2.45. The molecule has 0 saturated carbocycles. The van der Waals surface area contributed by atoms with Crippen molar-refractivity contribution < 1.29 is 4.74 Å². The van der Waals surface area contributed by atoms with Gasteiger partial charge in [0.05, 0.1) is 6.61 Å². The van der Waals surface area contributed by atoms with Crippen molar-refractivity contribution >= 4 is 0 Å². The van der Waals surface area contributed by atoms with Crippen molar-refractivity contribution in [2.45, 2.75) is 46.2 Å². The Morgan fingerprint density at radius 2 is 2.06 bits per heavy atom. The van der Waals surface area contributed by atoms with E-state index < -0.39 is 0 Å². The summed E-state index contributed by atoms with van der Waals surface area (Å²) in [5, 5.41) is 0. The Bertz CT molecular complexity index is 206. The van der Waals surface area contributed by atoms with Gasteiger partial charge in [-0.3, -0.25) is 4.90 Å². The smallest absolute Gasteiger partial charge is 0.0510 e. The van der Waals surface area contributed by atoms with Crippen LogP contribution < -0.4 is 5.73 Å². The van der Waals surface area contributed by atoms with Gasteiger partial charge >= 0.3 is 0 Å². The topological polar surface area (TPSA) is 38.5 Å². The molecule has 0 aliphatic carbocycles. The summed E-state index contributed by atoms with van der Waals surface area (Å²) < 4.78 is 5.47. The molecule has 1 aliphatic heterocycles. The molecule has 1 saturated heterocycles. The molecular formula is C13H28N2O. The fraction of sp³-hybridized carbons (Fsp3) is 1.00. The Kier molecular flexibility index (Phi) is 4.77. The van der Waals surface area contributed by atoms with Gasteiger partial charge in [-0.2, -0.15) is 0 Å². The highest BCUT2D eigenvalue weighted by Crippen LogP contribution is 2.28. The first kappa shape index (κ1) is 13.9. The van der Waals surface area contributed by atoms with E-state index in [0.717, 1.165) is 26.2 Å². The minimum Gasteiger partial charge on any atom is -0.381 e. The van der Waals surface area contributed by atoms with Crippen molar-refractivity contribution in [1.29, 1.82) is 0 Å². The van der Waals surface area contributed by atoms with Gasteiger partial charge in [0.2, 0.25) is 0 Å². The molecule has 0 spiro atoms. The van der Waals surface area contributed by atoms with E-state index in [0.29, 0.717) is 23.4 Å². The minimum atomic E-state index is 0.293. The second kappa shape index (κ2) is 5.48. The van der Waals surface area contributed by atoms with Crippen LogP contribution in [-0.2, 0) is 4.74 Å². The normalized spacial score (nSPS) is 26.1. The number of hydrogen-bond acceptors (Lipinski definition) is 3. The van der Waals surface area contributed by atoms with E-state index in [-0.39, 0.29) is 0 Å². The lowest BCUT2D eigenvalue weighted by Gasteiger charge is -2.41. The molecule has 0 aromatic rings. The first-order valence-electron chi connectivity index (χ1n) is 6.37. The van der Waals surface area contributed by atoms with Crippen molar-refractivity contribution in [1.82, 2.24) is 4.90 Å². The maximum absolute atomic E-state index is 5.94. The number of likely N-dealkylation sites (N-methyl/N-ethyl adjacent to an activating group) is 1. The zero-order valence-corrected chi connectivity index (χ0v) is 11.5. The molecule has 0 aromatic carbocycles. The van der Waals surface area contributed by atoms with Crippen molar-refractivity contribution in [3.63, 3.8) is 0 Å². The molecule has 0 bridgehead atoms. The zero-order valence-electron chi connectivity index (χ0n) is 11.5. The van der Waals surface area contributed by atoms with Gasteiger partial charge in [0.15, 0.2) is 0 Å². The number of rotatable bonds is 4. The van der Waals surface area contributed by atoms with E-state index in [2.05, 4.69) is 39.6 Å². The lowest BCUT2D eigenvalue weighted by atomic mass is 9.85. The minimum absolute atomic E-state index is 0.293. The largest absolute Gasteiger partial charge is 0.381 e. The highest BCUT2D eigenvalue weighted by Gasteiger charge is 2.33. The van der Waals surface area contributed by atoms with Crippen LogP contribution in [0.5, 0.6) is 0 Å². The van der Waals surface area contributed by atoms with E-state index in [9.17, 15) is 0 Å². The zero-order chi connectivity index (χ0) is 12.3. The third-order valence-corrected chi connectivity index (χ3v) is 4.14. The molecule has 16 heavy (non-hydrogen) atoms. The maximum atomic E-state index is 5.94. The van der Waals surface area contributed by atoms with Gasteiger partial charge < -0.3 is 10.5 Å². The molecule has 0 radical (unpaired) electrons. The van der Waals surface area contributed by atoms with Crippen LogP contribution in [0.3, 0.4) is 0 Å². The van der Waals surface area contributed by atoms with Crippen molar-refractivity contribution in [3.8, 4) is 0 Å². The van der Waals surface area contributed by atoms with Gasteiger partial charge in [-0.05, 0) is 25.8 Å². The van der Waals surface area contributed by atoms with Crippen molar-refractivity contribution in [2.75, 3.05) is 26.8 Å². The molecule has 3 unspecified atom stereocenters. The Morgan fingerprint density at radius 1 is 1.44 bits per heavy atom. The molecule has 1 heterocycles. The van der Waals surface area contributed by atoms with E-state index in [4.69, 9.17) is 10.5 Å². The third-order valence-electron chi connectivity index (χ3n) is 4.14. The molecule has 0 amide bonds. The van der Waals surface area contributed by atoms with Crippen LogP contribution in [0, 0.1) is 11.3 Å². The van der Waals surface area contributed by atoms with Crippen LogP contribution in [0.15, 0.2) is 0 Å². The van der Waals surface area contributed by atoms with Crippen molar-refractivity contribution in [3.05, 3.63) is 0 Å². The second-order valence-corrected chi connectivity index (χ2v) is 6.13. The summed E-state index contributed by atoms with van der Waals surface area (Å²) in [6.07, 6.45) is 1.16. The third kappa shape index (κ3) is 3.19. The number of ether oxygens (including phenoxy) is 1. The van der Waals surface area contributed by atoms with Gasteiger partial charge in [-0.1, -0.05) is 20.8 Å². The summed E-state index contributed by atoms with van der Waals surface area (Å²) in [5.41, 5.74) is 6.23. The van der Waals surface area contributed by atoms with Gasteiger partial charge in [-0.15, -0.1) is 0 Å². The molecule has 1 fully saturated rings. The van der Waals surface area contributed by atoms with Gasteiger partial charge in [0.1, 0.15) is 0 Å². The average Bonchev–Trinajstić information content (AvgIpc) is 2.69. The molecule has 96 valence electrons. The number of nitrogens with zero attached hydrogens (tertiary/aromatic N) is 1. The van der Waals surface area contributed by atoms with E-state index >= 15 is 0 Å². The summed E-state index contributed by atoms with van der Waals surface area (Å²) in [6.45, 7) is 11.7. The lowest BCUT2D eigenvalue weighted by molar-refractivity contribution is 0.0649. The monoisotopic (exact) mass is 228 g/mol. The standard InChI is InChI=1S/C13H28N2O/c1-10(13(2,3)4)15(5)12(8-14)11-6-7-16-9-11/h10-12H,6-9,14H2,1-5H3. The number of hydrogen-bond donors (Lipinski definition) is 1. The van der Waals surface area contributed by atoms with Gasteiger partial charge in [0, 0.05) is 31.2 Å². The van der Waals surface area contributed by atoms with Crippen LogP contribution >= 0.6 is 0 Å². The summed E-state index contributed by atoms with van der Waals surface area (Å²) in [7, 11) is 2.20. The molecule has 1 aliphatic rings. The first-order valence-corrected chi connectivity index (χ1v) is 6.37. The lowest BCUT2D eigenvalue weighted by Crippen LogP contribution is -2.51. The van der Waals surface area contributed by atoms with Crippen LogP contribution in [-0.4, -0.2) is 43.8 Å². The van der Waals surface area contributed by atoms with Crippen LogP contribution in [0.2, 0.25) is 0 Å². The average molecular weight is 228 g/mol. The van der Waals surface area contributed by atoms with Gasteiger partial charge in [-0.25, -0.2) is 0 Å². The Morgan fingerprint density at radius 3 is 2.44 bits per heavy atom. The van der Waals surface area contributed by atoms with Crippen LogP contribution in [0.25, 0.3) is 0 Å². The molecular weight excluding hydrogens is 200 g/mol. The summed E-state index contributed by atoms with van der Waals surface area (Å²) in [5.74, 6) is 0.611. The van der Waals surface area contributed by atoms with E-state index in [1.54, 1.807) is 0 Å². The molecule has 3 nitrogen and oxygen atoms in total. The van der Waals surface area contributed by atoms with Gasteiger partial charge in [0.25, 0.3) is 0 Å². The molecule has 3 heteroatoms. The fourth-order valence-corrected chi connectivity index (χ4v) is 2.45. The first-order chi connectivity index (χ1) is 7.38. The maximum Gasteiger partial charge on any atom is 0.0510 e.